The summed E-state index contributed by atoms with van der Waals surface area (Å²) in [5.41, 5.74) is 4.15. The lowest BCUT2D eigenvalue weighted by atomic mass is 10.0. The number of benzene rings is 2. The number of anilines is 1. The molecule has 0 bridgehead atoms. The summed E-state index contributed by atoms with van der Waals surface area (Å²) in [5.74, 6) is -1.37. The Morgan fingerprint density at radius 3 is 2.42 bits per heavy atom. The Bertz CT molecular complexity index is 972. The first-order valence-electron chi connectivity index (χ1n) is 11.8. The van der Waals surface area contributed by atoms with Crippen LogP contribution in [-0.2, 0) is 16.1 Å². The fraction of sp³-hybridized carbons (Fsp3) is 0.462. The molecule has 33 heavy (non-hydrogen) atoms. The Kier molecular flexibility index (Phi) is 7.30. The first kappa shape index (κ1) is 23.3. The Morgan fingerprint density at radius 1 is 1.00 bits per heavy atom. The van der Waals surface area contributed by atoms with E-state index in [-0.39, 0.29) is 12.6 Å². The number of aliphatic hydroxyl groups is 2. The highest BCUT2D eigenvalue weighted by molar-refractivity contribution is 5.91. The number of amides is 2. The van der Waals surface area contributed by atoms with Crippen LogP contribution >= 0.6 is 0 Å². The van der Waals surface area contributed by atoms with Gasteiger partial charge in [0.15, 0.2) is 12.2 Å². The maximum atomic E-state index is 12.9. The number of likely N-dealkylation sites (tertiary alicyclic amines) is 1. The normalized spacial score (nSPS) is 20.0. The van der Waals surface area contributed by atoms with Gasteiger partial charge >= 0.3 is 0 Å². The van der Waals surface area contributed by atoms with Crippen molar-refractivity contribution < 1.29 is 19.8 Å². The minimum atomic E-state index is -1.82. The molecule has 0 aromatic heterocycles. The van der Waals surface area contributed by atoms with E-state index in [0.29, 0.717) is 6.54 Å². The van der Waals surface area contributed by atoms with E-state index in [1.54, 1.807) is 4.90 Å². The number of nitrogens with zero attached hydrogens (tertiary/aromatic N) is 2. The molecule has 2 amide bonds. The van der Waals surface area contributed by atoms with Crippen molar-refractivity contribution in [1.82, 2.24) is 10.2 Å². The fourth-order valence-corrected chi connectivity index (χ4v) is 4.80. The minimum Gasteiger partial charge on any atom is -0.380 e. The van der Waals surface area contributed by atoms with Crippen LogP contribution in [0.3, 0.4) is 0 Å². The number of aryl methyl sites for hydroxylation is 1. The zero-order valence-corrected chi connectivity index (χ0v) is 19.1. The molecule has 1 unspecified atom stereocenters. The average molecular weight is 452 g/mol. The van der Waals surface area contributed by atoms with Gasteiger partial charge in [-0.1, -0.05) is 42.0 Å². The van der Waals surface area contributed by atoms with Gasteiger partial charge in [-0.25, -0.2) is 0 Å². The highest BCUT2D eigenvalue weighted by Gasteiger charge is 2.38. The third-order valence-electron chi connectivity index (χ3n) is 6.66. The maximum Gasteiger partial charge on any atom is 0.255 e. The predicted octanol–water partition coefficient (Wildman–Crippen LogP) is 2.30. The van der Waals surface area contributed by atoms with Crippen molar-refractivity contribution in [3.63, 3.8) is 0 Å². The van der Waals surface area contributed by atoms with Crippen LogP contribution in [-0.4, -0.2) is 58.8 Å². The van der Waals surface area contributed by atoms with Gasteiger partial charge in [0.25, 0.3) is 11.8 Å². The molecule has 2 aromatic rings. The lowest BCUT2D eigenvalue weighted by Crippen LogP contribution is -2.50. The first-order chi connectivity index (χ1) is 15.9. The molecule has 7 heteroatoms. The Labute approximate surface area is 195 Å². The van der Waals surface area contributed by atoms with E-state index in [4.69, 9.17) is 0 Å². The summed E-state index contributed by atoms with van der Waals surface area (Å²) in [5, 5.41) is 23.5. The number of hydrogen-bond donors (Lipinski definition) is 3. The summed E-state index contributed by atoms with van der Waals surface area (Å²) in [4.78, 5) is 29.3. The lowest BCUT2D eigenvalue weighted by molar-refractivity contribution is -0.153. The van der Waals surface area contributed by atoms with Gasteiger partial charge < -0.3 is 25.3 Å². The van der Waals surface area contributed by atoms with Crippen LogP contribution in [0.2, 0.25) is 0 Å². The molecule has 2 heterocycles. The van der Waals surface area contributed by atoms with Crippen LogP contribution in [0.5, 0.6) is 0 Å². The molecule has 7 nitrogen and oxygen atoms in total. The Hall–Kier alpha value is -2.90. The highest BCUT2D eigenvalue weighted by Crippen LogP contribution is 2.33. The molecule has 176 valence electrons. The monoisotopic (exact) mass is 451 g/mol. The van der Waals surface area contributed by atoms with Gasteiger partial charge in [-0.05, 0) is 55.9 Å². The minimum absolute atomic E-state index is 0.156. The van der Waals surface area contributed by atoms with Gasteiger partial charge in [0.2, 0.25) is 0 Å². The number of carbonyl (C=O) groups excluding carboxylic acids is 2. The summed E-state index contributed by atoms with van der Waals surface area (Å²) in [6.07, 6.45) is 0.401. The number of rotatable bonds is 7. The predicted molar refractivity (Wildman–Crippen MR) is 127 cm³/mol. The van der Waals surface area contributed by atoms with Crippen LogP contribution in [0.1, 0.15) is 48.4 Å². The molecule has 2 aliphatic rings. The molecule has 2 aliphatic heterocycles. The molecular weight excluding hydrogens is 418 g/mol. The third-order valence-corrected chi connectivity index (χ3v) is 6.66. The van der Waals surface area contributed by atoms with E-state index in [9.17, 15) is 19.8 Å². The largest absolute Gasteiger partial charge is 0.380 e. The fourth-order valence-electron chi connectivity index (χ4n) is 4.80. The second-order valence-electron chi connectivity index (χ2n) is 9.07. The van der Waals surface area contributed by atoms with Crippen LogP contribution in [0, 0.1) is 6.92 Å². The summed E-state index contributed by atoms with van der Waals surface area (Å²) >= 11 is 0. The van der Waals surface area contributed by atoms with Crippen molar-refractivity contribution in [3.8, 4) is 0 Å². The molecule has 0 aliphatic carbocycles. The van der Waals surface area contributed by atoms with E-state index in [2.05, 4.69) is 10.2 Å². The van der Waals surface area contributed by atoms with Crippen molar-refractivity contribution in [2.75, 3.05) is 24.5 Å². The van der Waals surface area contributed by atoms with Gasteiger partial charge in [0, 0.05) is 31.9 Å². The number of nitrogens with one attached hydrogen (secondary N) is 1. The van der Waals surface area contributed by atoms with Crippen molar-refractivity contribution in [2.45, 2.75) is 57.4 Å². The van der Waals surface area contributed by atoms with Gasteiger partial charge in [-0.15, -0.1) is 0 Å². The summed E-state index contributed by atoms with van der Waals surface area (Å²) < 4.78 is 0. The van der Waals surface area contributed by atoms with Crippen LogP contribution < -0.4 is 10.2 Å². The molecule has 3 N–H and O–H groups in total. The van der Waals surface area contributed by atoms with Gasteiger partial charge in [0.05, 0.1) is 6.04 Å². The molecular formula is C26H33N3O4. The second kappa shape index (κ2) is 10.4. The summed E-state index contributed by atoms with van der Waals surface area (Å²) in [7, 11) is 0. The highest BCUT2D eigenvalue weighted by atomic mass is 16.3. The first-order valence-corrected chi connectivity index (χ1v) is 11.8. The Morgan fingerprint density at radius 2 is 1.73 bits per heavy atom. The third kappa shape index (κ3) is 5.37. The molecule has 2 aromatic carbocycles. The van der Waals surface area contributed by atoms with E-state index >= 15 is 0 Å². The molecule has 3 atom stereocenters. The van der Waals surface area contributed by atoms with Crippen molar-refractivity contribution in [2.24, 2.45) is 0 Å². The number of hydrogen-bond acceptors (Lipinski definition) is 5. The molecule has 0 spiro atoms. The zero-order valence-electron chi connectivity index (χ0n) is 19.1. The zero-order chi connectivity index (χ0) is 23.4. The van der Waals surface area contributed by atoms with Crippen LogP contribution in [0.15, 0.2) is 48.5 Å². The number of aliphatic hydroxyl groups excluding tert-OH is 2. The van der Waals surface area contributed by atoms with Crippen LogP contribution in [0.4, 0.5) is 5.69 Å². The van der Waals surface area contributed by atoms with Crippen molar-refractivity contribution in [3.05, 3.63) is 65.2 Å². The van der Waals surface area contributed by atoms with E-state index in [1.807, 2.05) is 55.5 Å². The molecule has 0 saturated carbocycles. The van der Waals surface area contributed by atoms with E-state index < -0.39 is 24.0 Å². The number of carbonyl (C=O) groups is 2. The molecule has 0 radical (unpaired) electrons. The SMILES string of the molecule is Cc1cccc(C2CCCN2C(=O)[C@H](O)[C@@H](O)C(=O)NCc2ccc(N3CCCC3)cc2)c1. The lowest BCUT2D eigenvalue weighted by Gasteiger charge is -2.28. The average Bonchev–Trinajstić information content (AvgIpc) is 3.54. The topological polar surface area (TPSA) is 93.1 Å². The smallest absolute Gasteiger partial charge is 0.255 e. The molecule has 2 fully saturated rings. The van der Waals surface area contributed by atoms with Gasteiger partial charge in [-0.3, -0.25) is 9.59 Å². The van der Waals surface area contributed by atoms with E-state index in [0.717, 1.165) is 48.3 Å². The summed E-state index contributed by atoms with van der Waals surface area (Å²) in [6.45, 7) is 4.83. The molecule has 4 rings (SSSR count). The van der Waals surface area contributed by atoms with Crippen molar-refractivity contribution in [1.29, 1.82) is 0 Å². The quantitative estimate of drug-likeness (QED) is 0.601. The maximum absolute atomic E-state index is 12.9. The Balaban J connectivity index is 1.32. The standard InChI is InChI=1S/C26H33N3O4/c1-18-6-4-7-20(16-18)22-8-5-15-29(22)26(33)24(31)23(30)25(32)27-17-19-9-11-21(12-10-19)28-13-2-3-14-28/h4,6-7,9-12,16,22-24,30-31H,2-3,5,8,13-15,17H2,1H3,(H,27,32)/t22?,23-,24-/m1/s1. The van der Waals surface area contributed by atoms with Crippen molar-refractivity contribution >= 4 is 17.5 Å². The van der Waals surface area contributed by atoms with Gasteiger partial charge in [-0.2, -0.15) is 0 Å². The van der Waals surface area contributed by atoms with Gasteiger partial charge in [0.1, 0.15) is 0 Å². The molecule has 2 saturated heterocycles. The second-order valence-corrected chi connectivity index (χ2v) is 9.07. The summed E-state index contributed by atoms with van der Waals surface area (Å²) in [6, 6.07) is 15.7. The van der Waals surface area contributed by atoms with Crippen LogP contribution in [0.25, 0.3) is 0 Å². The van der Waals surface area contributed by atoms with E-state index in [1.165, 1.54) is 12.8 Å².